The quantitative estimate of drug-likeness (QED) is 0.488. The molecule has 0 spiro atoms. The molecule has 1 aliphatic heterocycles. The molecule has 22 heavy (non-hydrogen) atoms. The Morgan fingerprint density at radius 1 is 1.23 bits per heavy atom. The van der Waals surface area contributed by atoms with Gasteiger partial charge in [0, 0.05) is 6.54 Å². The molecule has 1 aliphatic rings. The molecule has 7 heteroatoms. The Morgan fingerprint density at radius 2 is 1.95 bits per heavy atom. The van der Waals surface area contributed by atoms with Crippen LogP contribution in [0.1, 0.15) is 11.3 Å². The molecule has 0 N–H and O–H groups in total. The maximum Gasteiger partial charge on any atom is 0.442 e. The van der Waals surface area contributed by atoms with E-state index in [2.05, 4.69) is 0 Å². The van der Waals surface area contributed by atoms with Crippen LogP contribution in [0.2, 0.25) is 5.02 Å². The molecular weight excluding hydrogens is 308 g/mol. The van der Waals surface area contributed by atoms with Crippen LogP contribution < -0.4 is 9.57 Å². The molecule has 1 aromatic carbocycles. The minimum Gasteiger partial charge on any atom is -0.416 e. The molecule has 0 aliphatic carbocycles. The van der Waals surface area contributed by atoms with Gasteiger partial charge in [0.15, 0.2) is 5.75 Å². The molecule has 4 bridgehead atoms. The second kappa shape index (κ2) is 5.30. The first kappa shape index (κ1) is 14.9. The van der Waals surface area contributed by atoms with Crippen molar-refractivity contribution in [2.24, 2.45) is 0 Å². The van der Waals surface area contributed by atoms with E-state index in [9.17, 15) is 9.59 Å². The number of aromatic nitrogens is 1. The zero-order valence-electron chi connectivity index (χ0n) is 12.5. The van der Waals surface area contributed by atoms with Crippen LogP contribution in [0.25, 0.3) is 10.9 Å². The van der Waals surface area contributed by atoms with Gasteiger partial charge in [0.25, 0.3) is 0 Å². The van der Waals surface area contributed by atoms with Crippen LogP contribution in [0.4, 0.5) is 0 Å². The first-order valence-electron chi connectivity index (χ1n) is 6.81. The van der Waals surface area contributed by atoms with Gasteiger partial charge in [-0.25, -0.2) is 9.59 Å². The second-order valence-corrected chi connectivity index (χ2v) is 5.86. The predicted octanol–water partition coefficient (Wildman–Crippen LogP) is 1.58. The van der Waals surface area contributed by atoms with E-state index >= 15 is 0 Å². The Hall–Kier alpha value is -2.05. The van der Waals surface area contributed by atoms with Crippen LogP contribution in [0.3, 0.4) is 0 Å². The van der Waals surface area contributed by atoms with Gasteiger partial charge in [-0.05, 0) is 45.1 Å². The number of carbonyl (C=O) groups is 2. The van der Waals surface area contributed by atoms with E-state index in [4.69, 9.17) is 21.2 Å². The Bertz CT molecular complexity index is 789. The molecule has 0 saturated heterocycles. The van der Waals surface area contributed by atoms with Crippen LogP contribution in [-0.2, 0) is 16.0 Å². The Kier molecular flexibility index (Phi) is 3.58. The predicted molar refractivity (Wildman–Crippen MR) is 81.2 cm³/mol. The normalized spacial score (nSPS) is 14.2. The van der Waals surface area contributed by atoms with Gasteiger partial charge in [0.2, 0.25) is 0 Å². The third-order valence-corrected chi connectivity index (χ3v) is 3.99. The van der Waals surface area contributed by atoms with Gasteiger partial charge in [-0.3, -0.25) is 0 Å². The summed E-state index contributed by atoms with van der Waals surface area (Å²) in [5.41, 5.74) is 2.36. The van der Waals surface area contributed by atoms with E-state index in [0.29, 0.717) is 22.3 Å². The molecule has 6 nitrogen and oxygen atoms in total. The van der Waals surface area contributed by atoms with Gasteiger partial charge in [0.05, 0.1) is 21.6 Å². The van der Waals surface area contributed by atoms with Crippen LogP contribution >= 0.6 is 11.6 Å². The van der Waals surface area contributed by atoms with Crippen molar-refractivity contribution in [1.29, 1.82) is 0 Å². The number of nitrogens with zero attached hydrogens (tertiary/aromatic N) is 2. The highest BCUT2D eigenvalue weighted by Crippen LogP contribution is 2.39. The highest BCUT2D eigenvalue weighted by molar-refractivity contribution is 6.35. The molecule has 0 saturated carbocycles. The summed E-state index contributed by atoms with van der Waals surface area (Å²) in [7, 11) is 3.95. The van der Waals surface area contributed by atoms with Crippen molar-refractivity contribution in [1.82, 2.24) is 9.63 Å². The van der Waals surface area contributed by atoms with E-state index in [0.717, 1.165) is 17.8 Å². The molecule has 2 heterocycles. The molecule has 2 aromatic rings. The smallest absolute Gasteiger partial charge is 0.416 e. The molecule has 0 atom stereocenters. The fraction of sp³-hybridized carbons (Fsp3) is 0.333. The number of ether oxygens (including phenoxy) is 1. The van der Waals surface area contributed by atoms with Crippen molar-refractivity contribution in [3.8, 4) is 5.75 Å². The SMILES string of the molecule is Cc1c(CCN(C)C)c2c3c(Cl)ccc2n1OC(=O)C(=O)O3. The second-order valence-electron chi connectivity index (χ2n) is 5.45. The average Bonchev–Trinajstić information content (AvgIpc) is 2.73. The van der Waals surface area contributed by atoms with Gasteiger partial charge in [0.1, 0.15) is 0 Å². The van der Waals surface area contributed by atoms with Crippen LogP contribution in [0, 0.1) is 6.92 Å². The highest BCUT2D eigenvalue weighted by Gasteiger charge is 2.30. The zero-order chi connectivity index (χ0) is 16.0. The number of rotatable bonds is 3. The number of likely N-dealkylation sites (N-methyl/N-ethyl adjacent to an activating group) is 1. The summed E-state index contributed by atoms with van der Waals surface area (Å²) in [6.45, 7) is 2.64. The number of esters is 1. The number of benzene rings is 1. The van der Waals surface area contributed by atoms with Crippen molar-refractivity contribution in [2.75, 3.05) is 20.6 Å². The Labute approximate surface area is 132 Å². The summed E-state index contributed by atoms with van der Waals surface area (Å²) < 4.78 is 6.53. The zero-order valence-corrected chi connectivity index (χ0v) is 13.2. The molecule has 0 unspecified atom stereocenters. The standard InChI is InChI=1S/C15H15ClN2O4/c1-8-9(6-7-17(2)3)12-11-5-4-10(16)13(12)21-14(19)15(20)22-18(8)11/h4-5H,6-7H2,1-3H3. The number of halogens is 1. The van der Waals surface area contributed by atoms with Gasteiger partial charge < -0.3 is 14.5 Å². The maximum absolute atomic E-state index is 11.7. The van der Waals surface area contributed by atoms with Crippen molar-refractivity contribution >= 4 is 34.4 Å². The van der Waals surface area contributed by atoms with Gasteiger partial charge in [-0.1, -0.05) is 11.6 Å². The van der Waals surface area contributed by atoms with Gasteiger partial charge in [-0.15, -0.1) is 0 Å². The lowest BCUT2D eigenvalue weighted by molar-refractivity contribution is -0.162. The lowest BCUT2D eigenvalue weighted by Gasteiger charge is -2.13. The first-order valence-corrected chi connectivity index (χ1v) is 7.19. The monoisotopic (exact) mass is 322 g/mol. The molecule has 0 fully saturated rings. The van der Waals surface area contributed by atoms with Crippen LogP contribution in [0.15, 0.2) is 12.1 Å². The summed E-state index contributed by atoms with van der Waals surface area (Å²) in [5.74, 6) is -1.93. The van der Waals surface area contributed by atoms with Crippen molar-refractivity contribution in [3.63, 3.8) is 0 Å². The Morgan fingerprint density at radius 3 is 2.64 bits per heavy atom. The molecule has 0 radical (unpaired) electrons. The highest BCUT2D eigenvalue weighted by atomic mass is 35.5. The topological polar surface area (TPSA) is 60.8 Å². The number of hydrogen-bond acceptors (Lipinski definition) is 5. The molecule has 116 valence electrons. The average molecular weight is 323 g/mol. The minimum atomic E-state index is -1.08. The number of carbonyl (C=O) groups excluding carboxylic acids is 2. The van der Waals surface area contributed by atoms with Crippen molar-refractivity contribution < 1.29 is 19.2 Å². The molecule has 0 amide bonds. The van der Waals surface area contributed by atoms with E-state index in [1.165, 1.54) is 4.73 Å². The summed E-state index contributed by atoms with van der Waals surface area (Å²) in [6.07, 6.45) is 0.713. The van der Waals surface area contributed by atoms with E-state index in [1.54, 1.807) is 12.1 Å². The van der Waals surface area contributed by atoms with E-state index in [1.807, 2.05) is 25.9 Å². The summed E-state index contributed by atoms with van der Waals surface area (Å²) in [5, 5.41) is 1.01. The number of hydrogen-bond donors (Lipinski definition) is 0. The van der Waals surface area contributed by atoms with E-state index < -0.39 is 11.9 Å². The Balaban J connectivity index is 2.29. The lowest BCUT2D eigenvalue weighted by atomic mass is 10.1. The van der Waals surface area contributed by atoms with E-state index in [-0.39, 0.29) is 5.75 Å². The summed E-state index contributed by atoms with van der Waals surface area (Å²) in [6, 6.07) is 3.37. The van der Waals surface area contributed by atoms with Crippen molar-refractivity contribution in [2.45, 2.75) is 13.3 Å². The molecule has 1 aromatic heterocycles. The first-order chi connectivity index (χ1) is 10.4. The third kappa shape index (κ3) is 2.24. The molecule has 3 rings (SSSR count). The molecular formula is C15H15ClN2O4. The van der Waals surface area contributed by atoms with Gasteiger partial charge in [-0.2, -0.15) is 4.73 Å². The van der Waals surface area contributed by atoms with Crippen molar-refractivity contribution in [3.05, 3.63) is 28.4 Å². The fourth-order valence-electron chi connectivity index (χ4n) is 2.61. The van der Waals surface area contributed by atoms with Crippen LogP contribution in [-0.4, -0.2) is 42.2 Å². The van der Waals surface area contributed by atoms with Crippen LogP contribution in [0.5, 0.6) is 5.75 Å². The van der Waals surface area contributed by atoms with Gasteiger partial charge >= 0.3 is 11.9 Å². The summed E-state index contributed by atoms with van der Waals surface area (Å²) >= 11 is 6.17. The minimum absolute atomic E-state index is 0.219. The summed E-state index contributed by atoms with van der Waals surface area (Å²) in [4.78, 5) is 30.6. The maximum atomic E-state index is 11.7. The fourth-order valence-corrected chi connectivity index (χ4v) is 2.80. The lowest BCUT2D eigenvalue weighted by Crippen LogP contribution is -2.32. The largest absolute Gasteiger partial charge is 0.442 e. The third-order valence-electron chi connectivity index (χ3n) is 3.69.